The Hall–Kier alpha value is -2.07. The number of amides is 1. The van der Waals surface area contributed by atoms with Gasteiger partial charge in [0.2, 0.25) is 0 Å². The average molecular weight is 386 g/mol. The van der Waals surface area contributed by atoms with E-state index in [2.05, 4.69) is 35.1 Å². The predicted octanol–water partition coefficient (Wildman–Crippen LogP) is 5.38. The predicted molar refractivity (Wildman–Crippen MR) is 101 cm³/mol. The zero-order valence-corrected chi connectivity index (χ0v) is 15.4. The Kier molecular flexibility index (Phi) is 5.05. The largest absolute Gasteiger partial charge is 0.455 e. The number of alkyl halides is 1. The molecule has 1 heterocycles. The molecule has 124 valence electrons. The zero-order chi connectivity index (χ0) is 17.1. The number of furan rings is 1. The fourth-order valence-corrected chi connectivity index (χ4v) is 2.98. The molecule has 0 saturated carbocycles. The second-order valence-electron chi connectivity index (χ2n) is 6.24. The number of fused-ring (bicyclic) bond motifs is 1. The first kappa shape index (κ1) is 16.8. The van der Waals surface area contributed by atoms with Crippen molar-refractivity contribution >= 4 is 32.8 Å². The van der Waals surface area contributed by atoms with Crippen molar-refractivity contribution in [2.75, 3.05) is 6.54 Å². The topological polar surface area (TPSA) is 42.2 Å². The van der Waals surface area contributed by atoms with Crippen LogP contribution in [-0.2, 0) is 5.33 Å². The maximum Gasteiger partial charge on any atom is 0.255 e. The van der Waals surface area contributed by atoms with Crippen LogP contribution >= 0.6 is 15.9 Å². The molecule has 0 saturated heterocycles. The van der Waals surface area contributed by atoms with E-state index in [-0.39, 0.29) is 5.91 Å². The van der Waals surface area contributed by atoms with E-state index >= 15 is 0 Å². The van der Waals surface area contributed by atoms with Gasteiger partial charge in [0.25, 0.3) is 5.91 Å². The summed E-state index contributed by atoms with van der Waals surface area (Å²) in [5.41, 5.74) is 3.43. The van der Waals surface area contributed by atoms with Crippen LogP contribution in [0.1, 0.15) is 29.8 Å². The normalized spacial score (nSPS) is 11.2. The molecular weight excluding hydrogens is 366 g/mol. The summed E-state index contributed by atoms with van der Waals surface area (Å²) in [6.45, 7) is 4.79. The number of nitrogens with one attached hydrogen (secondary N) is 1. The molecule has 0 bridgehead atoms. The van der Waals surface area contributed by atoms with Gasteiger partial charge in [-0.1, -0.05) is 72.2 Å². The Morgan fingerprint density at radius 3 is 2.50 bits per heavy atom. The van der Waals surface area contributed by atoms with Crippen LogP contribution in [0.25, 0.3) is 22.3 Å². The van der Waals surface area contributed by atoms with E-state index in [4.69, 9.17) is 4.42 Å². The smallest absolute Gasteiger partial charge is 0.255 e. The van der Waals surface area contributed by atoms with Crippen molar-refractivity contribution in [3.63, 3.8) is 0 Å². The Bertz CT molecular complexity index is 850. The number of halogens is 1. The van der Waals surface area contributed by atoms with Gasteiger partial charge in [-0.15, -0.1) is 0 Å². The molecule has 0 aliphatic heterocycles. The second-order valence-corrected chi connectivity index (χ2v) is 6.80. The van der Waals surface area contributed by atoms with Gasteiger partial charge in [-0.2, -0.15) is 0 Å². The van der Waals surface area contributed by atoms with Crippen LogP contribution in [0.2, 0.25) is 0 Å². The Balaban J connectivity index is 2.08. The van der Waals surface area contributed by atoms with E-state index in [1.54, 1.807) is 0 Å². The highest BCUT2D eigenvalue weighted by atomic mass is 79.9. The van der Waals surface area contributed by atoms with Crippen molar-refractivity contribution in [1.29, 1.82) is 0 Å². The molecule has 0 aliphatic carbocycles. The number of para-hydroxylation sites is 1. The van der Waals surface area contributed by atoms with E-state index in [0.717, 1.165) is 21.9 Å². The molecule has 0 radical (unpaired) electrons. The molecule has 0 atom stereocenters. The van der Waals surface area contributed by atoms with Crippen LogP contribution in [0.3, 0.4) is 0 Å². The van der Waals surface area contributed by atoms with Crippen molar-refractivity contribution in [3.05, 3.63) is 59.7 Å². The minimum absolute atomic E-state index is 0.0896. The molecule has 3 nitrogen and oxygen atoms in total. The molecule has 0 spiro atoms. The molecule has 1 N–H and O–H groups in total. The fourth-order valence-electron chi connectivity index (χ4n) is 2.60. The van der Waals surface area contributed by atoms with E-state index in [1.807, 2.05) is 48.5 Å². The van der Waals surface area contributed by atoms with Crippen molar-refractivity contribution in [3.8, 4) is 11.3 Å². The molecule has 24 heavy (non-hydrogen) atoms. The molecule has 1 amide bonds. The van der Waals surface area contributed by atoms with Crippen LogP contribution in [-0.4, -0.2) is 12.5 Å². The first-order chi connectivity index (χ1) is 11.6. The third kappa shape index (κ3) is 3.39. The van der Waals surface area contributed by atoms with Crippen LogP contribution in [0.5, 0.6) is 0 Å². The highest BCUT2D eigenvalue weighted by Gasteiger charge is 2.21. The third-order valence-corrected chi connectivity index (χ3v) is 4.51. The Labute approximate surface area is 150 Å². The summed E-state index contributed by atoms with van der Waals surface area (Å²) in [5, 5.41) is 4.65. The molecule has 0 aliphatic rings. The SMILES string of the molecule is CC(C)CNC(=O)c1c(-c2ccc(CBr)cc2)oc2ccccc12. The Morgan fingerprint density at radius 1 is 1.12 bits per heavy atom. The first-order valence-electron chi connectivity index (χ1n) is 8.05. The van der Waals surface area contributed by atoms with Crippen LogP contribution in [0.4, 0.5) is 0 Å². The Morgan fingerprint density at radius 2 is 1.83 bits per heavy atom. The standard InChI is InChI=1S/C20H20BrNO2/c1-13(2)12-22-20(23)18-16-5-3-4-6-17(16)24-19(18)15-9-7-14(11-21)8-10-15/h3-10,13H,11-12H2,1-2H3,(H,22,23). The number of hydrogen-bond acceptors (Lipinski definition) is 2. The third-order valence-electron chi connectivity index (χ3n) is 3.86. The van der Waals surface area contributed by atoms with Crippen molar-refractivity contribution in [2.24, 2.45) is 5.92 Å². The maximum atomic E-state index is 12.8. The molecule has 3 rings (SSSR count). The van der Waals surface area contributed by atoms with E-state index in [9.17, 15) is 4.79 Å². The second kappa shape index (κ2) is 7.22. The summed E-state index contributed by atoms with van der Waals surface area (Å²) >= 11 is 3.45. The monoisotopic (exact) mass is 385 g/mol. The number of benzene rings is 2. The molecule has 2 aromatic carbocycles. The van der Waals surface area contributed by atoms with Crippen LogP contribution < -0.4 is 5.32 Å². The van der Waals surface area contributed by atoms with Gasteiger partial charge in [0.1, 0.15) is 11.3 Å². The molecule has 3 aromatic rings. The highest BCUT2D eigenvalue weighted by Crippen LogP contribution is 2.33. The molecule has 0 unspecified atom stereocenters. The number of carbonyl (C=O) groups is 1. The minimum atomic E-state index is -0.0896. The van der Waals surface area contributed by atoms with Crippen LogP contribution in [0.15, 0.2) is 52.9 Å². The van der Waals surface area contributed by atoms with Crippen LogP contribution in [0, 0.1) is 5.92 Å². The number of rotatable bonds is 5. The quantitative estimate of drug-likeness (QED) is 0.598. The van der Waals surface area contributed by atoms with E-state index < -0.39 is 0 Å². The lowest BCUT2D eigenvalue weighted by molar-refractivity contribution is 0.0950. The lowest BCUT2D eigenvalue weighted by Crippen LogP contribution is -2.27. The van der Waals surface area contributed by atoms with E-state index in [0.29, 0.717) is 23.8 Å². The lowest BCUT2D eigenvalue weighted by atomic mass is 10.0. The van der Waals surface area contributed by atoms with Crippen molar-refractivity contribution in [2.45, 2.75) is 19.2 Å². The fraction of sp³-hybridized carbons (Fsp3) is 0.250. The summed E-state index contributed by atoms with van der Waals surface area (Å²) in [6, 6.07) is 15.7. The highest BCUT2D eigenvalue weighted by molar-refractivity contribution is 9.08. The molecular formula is C20H20BrNO2. The summed E-state index contributed by atoms with van der Waals surface area (Å²) in [5.74, 6) is 0.931. The molecule has 0 fully saturated rings. The summed E-state index contributed by atoms with van der Waals surface area (Å²) in [7, 11) is 0. The zero-order valence-electron chi connectivity index (χ0n) is 13.8. The minimum Gasteiger partial charge on any atom is -0.455 e. The van der Waals surface area contributed by atoms with Gasteiger partial charge in [-0.3, -0.25) is 4.79 Å². The van der Waals surface area contributed by atoms with Gasteiger partial charge in [-0.25, -0.2) is 0 Å². The summed E-state index contributed by atoms with van der Waals surface area (Å²) in [4.78, 5) is 12.8. The number of carbonyl (C=O) groups excluding carboxylic acids is 1. The van der Waals surface area contributed by atoms with Gasteiger partial charge in [0.15, 0.2) is 0 Å². The molecule has 4 heteroatoms. The maximum absolute atomic E-state index is 12.8. The van der Waals surface area contributed by atoms with Gasteiger partial charge in [0.05, 0.1) is 5.56 Å². The van der Waals surface area contributed by atoms with Gasteiger partial charge in [0, 0.05) is 22.8 Å². The van der Waals surface area contributed by atoms with E-state index in [1.165, 1.54) is 5.56 Å². The molecule has 1 aromatic heterocycles. The average Bonchev–Trinajstić information content (AvgIpc) is 2.99. The number of hydrogen-bond donors (Lipinski definition) is 1. The first-order valence-corrected chi connectivity index (χ1v) is 9.17. The van der Waals surface area contributed by atoms with Gasteiger partial charge >= 0.3 is 0 Å². The lowest BCUT2D eigenvalue weighted by Gasteiger charge is -2.08. The van der Waals surface area contributed by atoms with Crippen molar-refractivity contribution < 1.29 is 9.21 Å². The summed E-state index contributed by atoms with van der Waals surface area (Å²) < 4.78 is 6.01. The summed E-state index contributed by atoms with van der Waals surface area (Å²) in [6.07, 6.45) is 0. The van der Waals surface area contributed by atoms with Gasteiger partial charge in [-0.05, 0) is 17.5 Å². The van der Waals surface area contributed by atoms with Crippen molar-refractivity contribution in [1.82, 2.24) is 5.32 Å². The van der Waals surface area contributed by atoms with Gasteiger partial charge < -0.3 is 9.73 Å².